The fourth-order valence-corrected chi connectivity index (χ4v) is 1.92. The van der Waals surface area contributed by atoms with Gasteiger partial charge in [0.05, 0.1) is 13.2 Å². The minimum absolute atomic E-state index is 0.0527. The van der Waals surface area contributed by atoms with Crippen LogP contribution in [0.1, 0.15) is 18.9 Å². The summed E-state index contributed by atoms with van der Waals surface area (Å²) in [6, 6.07) is 9.89. The van der Waals surface area contributed by atoms with E-state index in [1.54, 1.807) is 25.9 Å². The monoisotopic (exact) mass is 292 g/mol. The molecule has 21 heavy (non-hydrogen) atoms. The van der Waals surface area contributed by atoms with Gasteiger partial charge in [0.2, 0.25) is 5.91 Å². The third kappa shape index (κ3) is 6.90. The van der Waals surface area contributed by atoms with Crippen molar-refractivity contribution in [3.63, 3.8) is 0 Å². The van der Waals surface area contributed by atoms with Gasteiger partial charge >= 0.3 is 5.97 Å². The van der Waals surface area contributed by atoms with Crippen molar-refractivity contribution in [3.8, 4) is 0 Å². The van der Waals surface area contributed by atoms with E-state index in [0.29, 0.717) is 26.1 Å². The largest absolute Gasteiger partial charge is 0.465 e. The molecule has 0 heterocycles. The van der Waals surface area contributed by atoms with Crippen LogP contribution in [0.2, 0.25) is 0 Å². The fraction of sp³-hybridized carbons (Fsp3) is 0.500. The molecule has 0 aliphatic carbocycles. The topological polar surface area (TPSA) is 49.9 Å². The highest BCUT2D eigenvalue weighted by Crippen LogP contribution is 2.06. The number of carbonyl (C=O) groups excluding carboxylic acids is 2. The van der Waals surface area contributed by atoms with Crippen LogP contribution >= 0.6 is 0 Å². The number of rotatable bonds is 8. The molecule has 0 bridgehead atoms. The molecule has 0 N–H and O–H groups in total. The molecule has 0 radical (unpaired) electrons. The van der Waals surface area contributed by atoms with Crippen molar-refractivity contribution in [2.24, 2.45) is 0 Å². The van der Waals surface area contributed by atoms with Gasteiger partial charge in [0.25, 0.3) is 0 Å². The predicted octanol–water partition coefficient (Wildman–Crippen LogP) is 1.53. The van der Waals surface area contributed by atoms with Gasteiger partial charge in [-0.3, -0.25) is 14.5 Å². The summed E-state index contributed by atoms with van der Waals surface area (Å²) in [7, 11) is 3.46. The van der Waals surface area contributed by atoms with Gasteiger partial charge in [-0.1, -0.05) is 30.3 Å². The van der Waals surface area contributed by atoms with E-state index in [2.05, 4.69) is 0 Å². The Kier molecular flexibility index (Phi) is 7.46. The van der Waals surface area contributed by atoms with E-state index in [9.17, 15) is 9.59 Å². The maximum absolute atomic E-state index is 11.7. The van der Waals surface area contributed by atoms with Crippen LogP contribution in [0.4, 0.5) is 0 Å². The number of ether oxygens (including phenoxy) is 1. The van der Waals surface area contributed by atoms with Crippen LogP contribution in [-0.4, -0.2) is 55.5 Å². The second kappa shape index (κ2) is 9.13. The molecule has 1 amide bonds. The van der Waals surface area contributed by atoms with E-state index in [0.717, 1.165) is 5.56 Å². The van der Waals surface area contributed by atoms with Gasteiger partial charge in [0, 0.05) is 33.6 Å². The minimum Gasteiger partial charge on any atom is -0.465 e. The average Bonchev–Trinajstić information content (AvgIpc) is 2.45. The minimum atomic E-state index is -0.259. The summed E-state index contributed by atoms with van der Waals surface area (Å²) in [4.78, 5) is 26.9. The van der Waals surface area contributed by atoms with Gasteiger partial charge in [-0.05, 0) is 12.5 Å². The molecule has 5 nitrogen and oxygen atoms in total. The maximum Gasteiger partial charge on any atom is 0.320 e. The molecule has 0 aliphatic heterocycles. The average molecular weight is 292 g/mol. The molecule has 1 rings (SSSR count). The fourth-order valence-electron chi connectivity index (χ4n) is 1.92. The maximum atomic E-state index is 11.7. The van der Waals surface area contributed by atoms with Crippen molar-refractivity contribution in [1.82, 2.24) is 9.80 Å². The lowest BCUT2D eigenvalue weighted by Gasteiger charge is -2.22. The quantitative estimate of drug-likeness (QED) is 0.682. The third-order valence-electron chi connectivity index (χ3n) is 3.05. The van der Waals surface area contributed by atoms with Crippen molar-refractivity contribution < 1.29 is 14.3 Å². The summed E-state index contributed by atoms with van der Waals surface area (Å²) in [5.41, 5.74) is 1.11. The Bertz CT molecular complexity index is 446. The van der Waals surface area contributed by atoms with Crippen molar-refractivity contribution in [2.75, 3.05) is 33.8 Å². The Balaban J connectivity index is 2.61. The van der Waals surface area contributed by atoms with E-state index in [1.807, 2.05) is 35.2 Å². The van der Waals surface area contributed by atoms with E-state index in [-0.39, 0.29) is 18.4 Å². The number of nitrogens with zero attached hydrogens (tertiary/aromatic N) is 2. The number of benzene rings is 1. The number of amides is 1. The molecule has 0 aliphatic rings. The van der Waals surface area contributed by atoms with Crippen LogP contribution in [0.3, 0.4) is 0 Å². The van der Waals surface area contributed by atoms with E-state index in [4.69, 9.17) is 4.74 Å². The van der Waals surface area contributed by atoms with Crippen molar-refractivity contribution >= 4 is 11.9 Å². The van der Waals surface area contributed by atoms with Crippen LogP contribution in [0.5, 0.6) is 0 Å². The first-order valence-electron chi connectivity index (χ1n) is 7.15. The normalized spacial score (nSPS) is 10.5. The first kappa shape index (κ1) is 17.2. The molecule has 0 atom stereocenters. The summed E-state index contributed by atoms with van der Waals surface area (Å²) >= 11 is 0. The summed E-state index contributed by atoms with van der Waals surface area (Å²) in [5, 5.41) is 0. The highest BCUT2D eigenvalue weighted by molar-refractivity contribution is 5.76. The summed E-state index contributed by atoms with van der Waals surface area (Å²) in [6.07, 6.45) is 0.388. The molecule has 1 aromatic carbocycles. The lowest BCUT2D eigenvalue weighted by atomic mass is 10.2. The van der Waals surface area contributed by atoms with Crippen LogP contribution in [0.25, 0.3) is 0 Å². The molecule has 116 valence electrons. The molecule has 0 aromatic heterocycles. The standard InChI is InChI=1S/C16H24N2O3/c1-4-21-16(20)13-18(11-10-15(19)17(2)3)12-14-8-6-5-7-9-14/h5-9H,4,10-13H2,1-3H3. The Morgan fingerprint density at radius 2 is 1.81 bits per heavy atom. The SMILES string of the molecule is CCOC(=O)CN(CCC(=O)N(C)C)Cc1ccccc1. The Morgan fingerprint density at radius 1 is 1.14 bits per heavy atom. The van der Waals surface area contributed by atoms with Gasteiger partial charge in [0.1, 0.15) is 0 Å². The zero-order valence-electron chi connectivity index (χ0n) is 13.0. The van der Waals surface area contributed by atoms with Crippen LogP contribution in [-0.2, 0) is 20.9 Å². The van der Waals surface area contributed by atoms with Gasteiger partial charge in [0.15, 0.2) is 0 Å². The predicted molar refractivity (Wildman–Crippen MR) is 81.7 cm³/mol. The highest BCUT2D eigenvalue weighted by atomic mass is 16.5. The van der Waals surface area contributed by atoms with E-state index < -0.39 is 0 Å². The smallest absolute Gasteiger partial charge is 0.320 e. The molecule has 0 saturated carbocycles. The third-order valence-corrected chi connectivity index (χ3v) is 3.05. The van der Waals surface area contributed by atoms with E-state index >= 15 is 0 Å². The summed E-state index contributed by atoms with van der Waals surface area (Å²) in [5.74, 6) is -0.206. The lowest BCUT2D eigenvalue weighted by molar-refractivity contribution is -0.145. The number of carbonyl (C=O) groups is 2. The molecule has 0 unspecified atom stereocenters. The Hall–Kier alpha value is -1.88. The molecule has 5 heteroatoms. The zero-order chi connectivity index (χ0) is 15.7. The number of hydrogen-bond donors (Lipinski definition) is 0. The summed E-state index contributed by atoms with van der Waals surface area (Å²) in [6.45, 7) is 3.51. The van der Waals surface area contributed by atoms with Crippen molar-refractivity contribution in [2.45, 2.75) is 19.9 Å². The van der Waals surface area contributed by atoms with Gasteiger partial charge in [-0.25, -0.2) is 0 Å². The van der Waals surface area contributed by atoms with Crippen LogP contribution in [0.15, 0.2) is 30.3 Å². The molecule has 1 aromatic rings. The van der Waals surface area contributed by atoms with Gasteiger partial charge in [-0.15, -0.1) is 0 Å². The van der Waals surface area contributed by atoms with Crippen LogP contribution < -0.4 is 0 Å². The zero-order valence-corrected chi connectivity index (χ0v) is 13.0. The van der Waals surface area contributed by atoms with Gasteiger partial charge in [-0.2, -0.15) is 0 Å². The molecular formula is C16H24N2O3. The van der Waals surface area contributed by atoms with Crippen molar-refractivity contribution in [3.05, 3.63) is 35.9 Å². The second-order valence-corrected chi connectivity index (χ2v) is 5.04. The Labute approximate surface area is 126 Å². The summed E-state index contributed by atoms with van der Waals surface area (Å²) < 4.78 is 4.99. The first-order valence-corrected chi connectivity index (χ1v) is 7.15. The lowest BCUT2D eigenvalue weighted by Crippen LogP contribution is -2.34. The highest BCUT2D eigenvalue weighted by Gasteiger charge is 2.14. The van der Waals surface area contributed by atoms with Crippen LogP contribution in [0, 0.1) is 0 Å². The second-order valence-electron chi connectivity index (χ2n) is 5.04. The molecule has 0 fully saturated rings. The van der Waals surface area contributed by atoms with Crippen molar-refractivity contribution in [1.29, 1.82) is 0 Å². The van der Waals surface area contributed by atoms with Gasteiger partial charge < -0.3 is 9.64 Å². The molecule has 0 spiro atoms. The molecular weight excluding hydrogens is 268 g/mol. The molecule has 0 saturated heterocycles. The first-order chi connectivity index (χ1) is 10.0. The number of hydrogen-bond acceptors (Lipinski definition) is 4. The Morgan fingerprint density at radius 3 is 2.38 bits per heavy atom. The van der Waals surface area contributed by atoms with E-state index in [1.165, 1.54) is 0 Å². The number of esters is 1.